The maximum Gasteiger partial charge on any atom is 0.315 e. The second-order valence-electron chi connectivity index (χ2n) is 7.56. The Morgan fingerprint density at radius 1 is 1.21 bits per heavy atom. The molecule has 3 rings (SSSR count). The standard InChI is InChI=1S/C22H31N5O2/c1-17-5-4-6-19(13-17)20(27-9-11-29-12-10-27)16-25-22(28)24-15-18-7-8-23-21(14-18)26(2)3/h4-8,13-14,20H,9-12,15-16H2,1-3H3,(H2,24,25,28). The normalized spacial score (nSPS) is 15.6. The zero-order chi connectivity index (χ0) is 20.6. The van der Waals surface area contributed by atoms with Gasteiger partial charge in [0, 0.05) is 46.5 Å². The van der Waals surface area contributed by atoms with Gasteiger partial charge in [0.15, 0.2) is 0 Å². The molecule has 1 saturated heterocycles. The molecule has 1 aromatic carbocycles. The number of amides is 2. The van der Waals surface area contributed by atoms with Crippen molar-refractivity contribution < 1.29 is 9.53 Å². The molecular weight excluding hydrogens is 366 g/mol. The minimum atomic E-state index is -0.167. The second-order valence-corrected chi connectivity index (χ2v) is 7.56. The summed E-state index contributed by atoms with van der Waals surface area (Å²) in [6.45, 7) is 6.29. The quantitative estimate of drug-likeness (QED) is 0.751. The van der Waals surface area contributed by atoms with Crippen molar-refractivity contribution in [1.82, 2.24) is 20.5 Å². The monoisotopic (exact) mass is 397 g/mol. The number of aryl methyl sites for hydroxylation is 1. The van der Waals surface area contributed by atoms with E-state index in [-0.39, 0.29) is 12.1 Å². The van der Waals surface area contributed by atoms with Crippen LogP contribution in [0.5, 0.6) is 0 Å². The third kappa shape index (κ3) is 6.17. The molecule has 1 atom stereocenters. The highest BCUT2D eigenvalue weighted by molar-refractivity contribution is 5.73. The Morgan fingerprint density at radius 2 is 2.00 bits per heavy atom. The van der Waals surface area contributed by atoms with Crippen molar-refractivity contribution in [2.45, 2.75) is 19.5 Å². The number of carbonyl (C=O) groups is 1. The van der Waals surface area contributed by atoms with Gasteiger partial charge in [-0.15, -0.1) is 0 Å². The molecule has 1 aliphatic heterocycles. The van der Waals surface area contributed by atoms with Crippen LogP contribution in [-0.4, -0.2) is 62.9 Å². The van der Waals surface area contributed by atoms with Crippen LogP contribution in [0.25, 0.3) is 0 Å². The van der Waals surface area contributed by atoms with Crippen molar-refractivity contribution in [2.24, 2.45) is 0 Å². The second kappa shape index (κ2) is 10.2. The summed E-state index contributed by atoms with van der Waals surface area (Å²) in [7, 11) is 3.90. The predicted molar refractivity (Wildman–Crippen MR) is 115 cm³/mol. The fourth-order valence-corrected chi connectivity index (χ4v) is 3.47. The van der Waals surface area contributed by atoms with Gasteiger partial charge in [-0.3, -0.25) is 4.90 Å². The average Bonchev–Trinajstić information content (AvgIpc) is 2.73. The molecule has 0 aliphatic carbocycles. The summed E-state index contributed by atoms with van der Waals surface area (Å²) in [5.41, 5.74) is 3.46. The van der Waals surface area contributed by atoms with Crippen molar-refractivity contribution in [2.75, 3.05) is 51.8 Å². The lowest BCUT2D eigenvalue weighted by atomic mass is 10.0. The number of hydrogen-bond acceptors (Lipinski definition) is 5. The van der Waals surface area contributed by atoms with E-state index in [0.29, 0.717) is 13.1 Å². The van der Waals surface area contributed by atoms with Gasteiger partial charge in [-0.2, -0.15) is 0 Å². The summed E-state index contributed by atoms with van der Waals surface area (Å²) in [4.78, 5) is 21.1. The maximum absolute atomic E-state index is 12.4. The summed E-state index contributed by atoms with van der Waals surface area (Å²) in [6.07, 6.45) is 1.76. The molecule has 2 heterocycles. The molecular formula is C22H31N5O2. The Labute approximate surface area is 173 Å². The van der Waals surface area contributed by atoms with Crippen LogP contribution in [0.3, 0.4) is 0 Å². The number of anilines is 1. The molecule has 156 valence electrons. The van der Waals surface area contributed by atoms with Crippen molar-refractivity contribution in [3.05, 3.63) is 59.3 Å². The van der Waals surface area contributed by atoms with E-state index in [1.54, 1.807) is 6.20 Å². The highest BCUT2D eigenvalue weighted by Gasteiger charge is 2.23. The van der Waals surface area contributed by atoms with Gasteiger partial charge in [0.2, 0.25) is 0 Å². The lowest BCUT2D eigenvalue weighted by molar-refractivity contribution is 0.0167. The van der Waals surface area contributed by atoms with Crippen LogP contribution >= 0.6 is 0 Å². The largest absolute Gasteiger partial charge is 0.379 e. The van der Waals surface area contributed by atoms with E-state index < -0.39 is 0 Å². The van der Waals surface area contributed by atoms with Crippen molar-refractivity contribution in [3.63, 3.8) is 0 Å². The molecule has 1 aromatic heterocycles. The molecule has 1 aliphatic rings. The van der Waals surface area contributed by atoms with Crippen LogP contribution in [0.15, 0.2) is 42.6 Å². The molecule has 1 unspecified atom stereocenters. The van der Waals surface area contributed by atoms with Gasteiger partial charge in [0.25, 0.3) is 0 Å². The number of carbonyl (C=O) groups excluding carboxylic acids is 1. The molecule has 0 spiro atoms. The maximum atomic E-state index is 12.4. The SMILES string of the molecule is Cc1cccc(C(CNC(=O)NCc2ccnc(N(C)C)c2)N2CCOCC2)c1. The zero-order valence-electron chi connectivity index (χ0n) is 17.5. The number of rotatable bonds is 7. The van der Waals surface area contributed by atoms with E-state index in [0.717, 1.165) is 37.7 Å². The summed E-state index contributed by atoms with van der Waals surface area (Å²) in [6, 6.07) is 12.3. The minimum absolute atomic E-state index is 0.130. The summed E-state index contributed by atoms with van der Waals surface area (Å²) < 4.78 is 5.50. The number of aromatic nitrogens is 1. The lowest BCUT2D eigenvalue weighted by Gasteiger charge is -2.35. The third-order valence-electron chi connectivity index (χ3n) is 5.09. The van der Waals surface area contributed by atoms with Gasteiger partial charge in [-0.1, -0.05) is 29.8 Å². The van der Waals surface area contributed by atoms with Gasteiger partial charge < -0.3 is 20.3 Å². The zero-order valence-corrected chi connectivity index (χ0v) is 17.5. The van der Waals surface area contributed by atoms with E-state index in [2.05, 4.69) is 51.7 Å². The highest BCUT2D eigenvalue weighted by Crippen LogP contribution is 2.22. The van der Waals surface area contributed by atoms with E-state index in [1.807, 2.05) is 31.1 Å². The van der Waals surface area contributed by atoms with Gasteiger partial charge in [-0.05, 0) is 30.2 Å². The van der Waals surface area contributed by atoms with Crippen LogP contribution in [0.4, 0.5) is 10.6 Å². The molecule has 2 aromatic rings. The van der Waals surface area contributed by atoms with Crippen LogP contribution in [0.1, 0.15) is 22.7 Å². The van der Waals surface area contributed by atoms with E-state index in [4.69, 9.17) is 4.74 Å². The smallest absolute Gasteiger partial charge is 0.315 e. The Hall–Kier alpha value is -2.64. The van der Waals surface area contributed by atoms with Crippen LogP contribution in [0.2, 0.25) is 0 Å². The molecule has 7 heteroatoms. The Morgan fingerprint density at radius 3 is 2.72 bits per heavy atom. The molecule has 0 saturated carbocycles. The number of morpholine rings is 1. The Kier molecular flexibility index (Phi) is 7.43. The number of urea groups is 1. The van der Waals surface area contributed by atoms with Gasteiger partial charge in [0.1, 0.15) is 5.82 Å². The van der Waals surface area contributed by atoms with Crippen LogP contribution in [-0.2, 0) is 11.3 Å². The van der Waals surface area contributed by atoms with Crippen molar-refractivity contribution in [1.29, 1.82) is 0 Å². The van der Waals surface area contributed by atoms with Gasteiger partial charge in [0.05, 0.1) is 19.3 Å². The Balaban J connectivity index is 1.58. The number of benzene rings is 1. The number of hydrogen-bond donors (Lipinski definition) is 2. The summed E-state index contributed by atoms with van der Waals surface area (Å²) in [5.74, 6) is 0.872. The first-order valence-corrected chi connectivity index (χ1v) is 10.1. The summed E-state index contributed by atoms with van der Waals surface area (Å²) in [5, 5.41) is 5.99. The van der Waals surface area contributed by atoms with E-state index in [1.165, 1.54) is 11.1 Å². The first-order chi connectivity index (χ1) is 14.0. The Bertz CT molecular complexity index is 805. The first kappa shape index (κ1) is 21.1. The van der Waals surface area contributed by atoms with Crippen molar-refractivity contribution >= 4 is 11.8 Å². The number of nitrogens with zero attached hydrogens (tertiary/aromatic N) is 3. The van der Waals surface area contributed by atoms with E-state index >= 15 is 0 Å². The van der Waals surface area contributed by atoms with Crippen molar-refractivity contribution in [3.8, 4) is 0 Å². The molecule has 29 heavy (non-hydrogen) atoms. The molecule has 1 fully saturated rings. The van der Waals surface area contributed by atoms with Gasteiger partial charge >= 0.3 is 6.03 Å². The fourth-order valence-electron chi connectivity index (χ4n) is 3.47. The molecule has 2 amide bonds. The molecule has 0 bridgehead atoms. The number of pyridine rings is 1. The van der Waals surface area contributed by atoms with Crippen LogP contribution in [0, 0.1) is 6.92 Å². The fraction of sp³-hybridized carbons (Fsp3) is 0.455. The number of nitrogens with one attached hydrogen (secondary N) is 2. The predicted octanol–water partition coefficient (Wildman–Crippen LogP) is 2.33. The highest BCUT2D eigenvalue weighted by atomic mass is 16.5. The molecule has 7 nitrogen and oxygen atoms in total. The van der Waals surface area contributed by atoms with Crippen LogP contribution < -0.4 is 15.5 Å². The minimum Gasteiger partial charge on any atom is -0.379 e. The lowest BCUT2D eigenvalue weighted by Crippen LogP contribution is -2.45. The molecule has 0 radical (unpaired) electrons. The third-order valence-corrected chi connectivity index (χ3v) is 5.09. The first-order valence-electron chi connectivity index (χ1n) is 10.1. The summed E-state index contributed by atoms with van der Waals surface area (Å²) >= 11 is 0. The average molecular weight is 398 g/mol. The van der Waals surface area contributed by atoms with Gasteiger partial charge in [-0.25, -0.2) is 9.78 Å². The number of ether oxygens (including phenoxy) is 1. The molecule has 2 N–H and O–H groups in total. The topological polar surface area (TPSA) is 69.7 Å². The van der Waals surface area contributed by atoms with E-state index in [9.17, 15) is 4.79 Å².